The Morgan fingerprint density at radius 2 is 0.622 bits per heavy atom. The van der Waals surface area contributed by atoms with Crippen molar-refractivity contribution in [1.29, 1.82) is 0 Å². The van der Waals surface area contributed by atoms with Crippen molar-refractivity contribution in [1.82, 2.24) is 9.80 Å². The van der Waals surface area contributed by atoms with Gasteiger partial charge < -0.3 is 72.6 Å². The van der Waals surface area contributed by atoms with Crippen LogP contribution >= 0.6 is 0 Å². The number of hydrogen-bond acceptors (Lipinski definition) is 8. The number of carboxylic acids is 4. The maximum Gasteiger partial charge on any atom is 1.00 e. The maximum absolute atomic E-state index is 10.6. The van der Waals surface area contributed by atoms with Gasteiger partial charge in [-0.15, -0.1) is 0 Å². The number of carboxylic acid groups (broad SMARTS) is 4. The predicted molar refractivity (Wildman–Crippen MR) is 112 cm³/mol. The van der Waals surface area contributed by atoms with Crippen LogP contribution < -0.4 is 59.1 Å². The smallest absolute Gasteiger partial charge is 1.00 e. The second kappa shape index (κ2) is 48.8. The van der Waals surface area contributed by atoms with E-state index >= 15 is 0 Å². The molecule has 0 atom stereocenters. The van der Waals surface area contributed by atoms with Crippen LogP contribution in [0.5, 0.6) is 0 Å². The topological polar surface area (TPSA) is 514 Å². The summed E-state index contributed by atoms with van der Waals surface area (Å²) >= 11 is 0. The monoisotopic (exact) mass is 656 g/mol. The van der Waals surface area contributed by atoms with Gasteiger partial charge in [-0.1, -0.05) is 0 Å². The number of hydrogen-bond donors (Lipinski definition) is 6. The van der Waals surface area contributed by atoms with Crippen LogP contribution in [0.1, 0.15) is 2.85 Å². The zero-order valence-corrected chi connectivity index (χ0v) is 25.5. The summed E-state index contributed by atoms with van der Waals surface area (Å²) in [6.45, 7) is -2.25. The molecule has 0 aromatic heterocycles. The molecule has 0 spiro atoms. The number of nitrogens with zero attached hydrogens (tertiary/aromatic N) is 2. The Labute approximate surface area is 267 Å². The minimum atomic E-state index is -4.67. The zero-order chi connectivity index (χ0) is 20.2. The standard InChI is InChI=1S/C10H16N2O8.Fe.2Na.H2O4S.9H2O.2H/c13-7(14)3-11(4-8(15)16)1-2-12(5-9(17)18)6-10(19)20;;;;1-5(2,3)4;;;;;;;;;;;/h1-6H2,(H,13,14)(H,15,16)(H,17,18)(H,19,20);;;;(H2,1,2,3,4);9*1H2;;/q;;2*+1;;;;;;;;;;;2*-1. The van der Waals surface area contributed by atoms with Crippen LogP contribution in [0.25, 0.3) is 0 Å². The Hall–Kier alpha value is -0.171. The molecule has 0 fully saturated rings. The fourth-order valence-corrected chi connectivity index (χ4v) is 1.48. The van der Waals surface area contributed by atoms with Crippen molar-refractivity contribution in [3.8, 4) is 0 Å². The number of aliphatic carboxylic acids is 4. The minimum Gasteiger partial charge on any atom is -1.00 e. The first kappa shape index (κ1) is 90.7. The third-order valence-corrected chi connectivity index (χ3v) is 2.17. The molecule has 0 saturated heterocycles. The van der Waals surface area contributed by atoms with Crippen molar-refractivity contribution in [2.24, 2.45) is 0 Å². The van der Waals surface area contributed by atoms with E-state index in [2.05, 4.69) is 0 Å². The average molecular weight is 656 g/mol. The molecule has 37 heavy (non-hydrogen) atoms. The van der Waals surface area contributed by atoms with E-state index < -0.39 is 60.5 Å². The molecule has 230 valence electrons. The van der Waals surface area contributed by atoms with E-state index in [1.54, 1.807) is 0 Å². The van der Waals surface area contributed by atoms with Crippen molar-refractivity contribution in [3.63, 3.8) is 0 Å². The Balaban J connectivity index is -0.0000000184. The van der Waals surface area contributed by atoms with Crippen LogP contribution in [-0.4, -0.2) is 160 Å². The van der Waals surface area contributed by atoms with E-state index in [9.17, 15) is 19.2 Å². The second-order valence-electron chi connectivity index (χ2n) is 4.44. The van der Waals surface area contributed by atoms with Crippen LogP contribution in [0.2, 0.25) is 0 Å². The SMILES string of the molecule is O.O.O.O.O.O.O.O.O.O=C(O)CN(CCN(CC(=O)O)CC(=O)O)CC(=O)O.O=S(=O)(O)O.[Fe].[H-].[H-].[Na+].[Na+]. The summed E-state index contributed by atoms with van der Waals surface area (Å²) < 4.78 is 31.6. The van der Waals surface area contributed by atoms with E-state index in [0.29, 0.717) is 0 Å². The van der Waals surface area contributed by atoms with E-state index in [4.69, 9.17) is 37.9 Å². The summed E-state index contributed by atoms with van der Waals surface area (Å²) in [5.41, 5.74) is 0. The second-order valence-corrected chi connectivity index (χ2v) is 5.34. The fourth-order valence-electron chi connectivity index (χ4n) is 1.48. The summed E-state index contributed by atoms with van der Waals surface area (Å²) in [6, 6.07) is 0. The molecule has 27 heteroatoms. The molecular formula is C10H38FeN2Na2O21S. The van der Waals surface area contributed by atoms with Crippen LogP contribution in [0.15, 0.2) is 0 Å². The molecule has 0 aliphatic heterocycles. The van der Waals surface area contributed by atoms with Gasteiger partial charge in [0.15, 0.2) is 0 Å². The first-order valence-corrected chi connectivity index (χ1v) is 7.62. The summed E-state index contributed by atoms with van der Waals surface area (Å²) in [5, 5.41) is 34.5. The first-order valence-electron chi connectivity index (χ1n) is 6.22. The normalized spacial score (nSPS) is 7.35. The Kier molecular flexibility index (Phi) is 120. The molecule has 0 amide bonds. The van der Waals surface area contributed by atoms with Gasteiger partial charge in [0.05, 0.1) is 26.2 Å². The Bertz CT molecular complexity index is 535. The number of carbonyl (C=O) groups is 4. The van der Waals surface area contributed by atoms with Gasteiger partial charge in [0.2, 0.25) is 0 Å². The van der Waals surface area contributed by atoms with Gasteiger partial charge in [-0.05, 0) is 0 Å². The quantitative estimate of drug-likeness (QED) is 0.0888. The van der Waals surface area contributed by atoms with Crippen molar-refractivity contribution in [2.45, 2.75) is 0 Å². The van der Waals surface area contributed by atoms with Crippen molar-refractivity contribution < 1.29 is 185 Å². The molecule has 0 aliphatic carbocycles. The molecule has 0 aliphatic rings. The first-order chi connectivity index (χ1) is 11.2. The molecular weight excluding hydrogens is 618 g/mol. The van der Waals surface area contributed by atoms with Crippen molar-refractivity contribution >= 4 is 34.3 Å². The van der Waals surface area contributed by atoms with Gasteiger partial charge in [0.25, 0.3) is 0 Å². The third kappa shape index (κ3) is 94.5. The third-order valence-electron chi connectivity index (χ3n) is 2.17. The molecule has 0 heterocycles. The molecule has 0 aromatic rings. The van der Waals surface area contributed by atoms with Gasteiger partial charge in [-0.25, -0.2) is 0 Å². The predicted octanol–water partition coefficient (Wildman–Crippen LogP) is -15.9. The van der Waals surface area contributed by atoms with Crippen LogP contribution in [0.3, 0.4) is 0 Å². The van der Waals surface area contributed by atoms with E-state index in [-0.39, 0.29) is 141 Å². The van der Waals surface area contributed by atoms with Crippen LogP contribution in [-0.2, 0) is 46.6 Å². The zero-order valence-electron chi connectivity index (χ0n) is 21.5. The van der Waals surface area contributed by atoms with Gasteiger partial charge in [0.1, 0.15) is 0 Å². The maximum atomic E-state index is 10.6. The van der Waals surface area contributed by atoms with Gasteiger partial charge in [-0.2, -0.15) is 8.42 Å². The molecule has 0 rings (SSSR count). The minimum absolute atomic E-state index is 0. The molecule has 24 N–H and O–H groups in total. The van der Waals surface area contributed by atoms with Crippen molar-refractivity contribution in [3.05, 3.63) is 0 Å². The summed E-state index contributed by atoms with van der Waals surface area (Å²) in [6.07, 6.45) is 0. The molecule has 0 aromatic carbocycles. The van der Waals surface area contributed by atoms with Crippen LogP contribution in [0.4, 0.5) is 0 Å². The molecule has 0 saturated carbocycles. The fraction of sp³-hybridized carbons (Fsp3) is 0.600. The van der Waals surface area contributed by atoms with Crippen LogP contribution in [0, 0.1) is 0 Å². The number of rotatable bonds is 11. The summed E-state index contributed by atoms with van der Waals surface area (Å²) in [5.74, 6) is -4.91. The average Bonchev–Trinajstić information content (AvgIpc) is 2.30. The van der Waals surface area contributed by atoms with Gasteiger partial charge in [0, 0.05) is 30.2 Å². The van der Waals surface area contributed by atoms with E-state index in [1.807, 2.05) is 0 Å². The molecule has 0 radical (unpaired) electrons. The van der Waals surface area contributed by atoms with Gasteiger partial charge in [-0.3, -0.25) is 38.1 Å². The summed E-state index contributed by atoms with van der Waals surface area (Å²) in [7, 11) is -4.67. The Morgan fingerprint density at radius 1 is 0.514 bits per heavy atom. The molecule has 0 bridgehead atoms. The summed E-state index contributed by atoms with van der Waals surface area (Å²) in [4.78, 5) is 44.4. The van der Waals surface area contributed by atoms with Gasteiger partial charge >= 0.3 is 93.4 Å². The van der Waals surface area contributed by atoms with E-state index in [1.165, 1.54) is 0 Å². The Morgan fingerprint density at radius 3 is 0.703 bits per heavy atom. The molecule has 0 unspecified atom stereocenters. The molecule has 23 nitrogen and oxygen atoms in total. The van der Waals surface area contributed by atoms with E-state index in [0.717, 1.165) is 9.80 Å². The largest absolute Gasteiger partial charge is 1.00 e. The van der Waals surface area contributed by atoms with Crippen molar-refractivity contribution in [2.75, 3.05) is 39.3 Å².